The second-order valence-corrected chi connectivity index (χ2v) is 8.03. The van der Waals surface area contributed by atoms with Gasteiger partial charge in [0.2, 0.25) is 5.91 Å². The van der Waals surface area contributed by atoms with E-state index in [-0.39, 0.29) is 18.4 Å². The van der Waals surface area contributed by atoms with Crippen molar-refractivity contribution in [2.24, 2.45) is 17.6 Å². The second kappa shape index (κ2) is 11.5. The zero-order valence-electron chi connectivity index (χ0n) is 18.1. The van der Waals surface area contributed by atoms with Crippen molar-refractivity contribution in [3.63, 3.8) is 0 Å². The number of nitrogens with two attached hydrogens (primary N) is 1. The van der Waals surface area contributed by atoms with E-state index in [0.717, 1.165) is 37.0 Å². The first kappa shape index (κ1) is 22.8. The Morgan fingerprint density at radius 3 is 2.42 bits per heavy atom. The molecule has 6 heteroatoms. The van der Waals surface area contributed by atoms with Crippen LogP contribution in [0.4, 0.5) is 0 Å². The number of ether oxygens (including phenoxy) is 2. The van der Waals surface area contributed by atoms with Crippen LogP contribution in [0, 0.1) is 11.8 Å². The molecular formula is C25H32N2O4. The van der Waals surface area contributed by atoms with Gasteiger partial charge < -0.3 is 20.5 Å². The van der Waals surface area contributed by atoms with Crippen LogP contribution in [-0.2, 0) is 20.7 Å². The molecular weight excluding hydrogens is 392 g/mol. The largest absolute Gasteiger partial charge is 0.464 e. The minimum atomic E-state index is -0.730. The van der Waals surface area contributed by atoms with Gasteiger partial charge >= 0.3 is 5.97 Å². The summed E-state index contributed by atoms with van der Waals surface area (Å²) in [5, 5.41) is 2.94. The van der Waals surface area contributed by atoms with Crippen LogP contribution in [-0.4, -0.2) is 31.1 Å². The van der Waals surface area contributed by atoms with Gasteiger partial charge in [0, 0.05) is 12.3 Å². The number of hydrogen-bond donors (Lipinski definition) is 2. The van der Waals surface area contributed by atoms with Gasteiger partial charge in [-0.1, -0.05) is 30.3 Å². The van der Waals surface area contributed by atoms with E-state index in [4.69, 9.17) is 15.2 Å². The minimum Gasteiger partial charge on any atom is -0.464 e. The summed E-state index contributed by atoms with van der Waals surface area (Å²) in [5.41, 5.74) is 6.64. The fraction of sp³-hybridized carbons (Fsp3) is 0.440. The Kier molecular flexibility index (Phi) is 8.47. The first-order valence-corrected chi connectivity index (χ1v) is 11.1. The highest BCUT2D eigenvalue weighted by atomic mass is 16.5. The van der Waals surface area contributed by atoms with Crippen LogP contribution in [0.15, 0.2) is 54.6 Å². The number of carbonyl (C=O) groups is 2. The summed E-state index contributed by atoms with van der Waals surface area (Å²) in [5.74, 6) is 1.34. The highest BCUT2D eigenvalue weighted by Gasteiger charge is 2.29. The number of rotatable bonds is 9. The molecule has 31 heavy (non-hydrogen) atoms. The van der Waals surface area contributed by atoms with Gasteiger partial charge in [-0.15, -0.1) is 0 Å². The normalized spacial score (nSPS) is 19.3. The topological polar surface area (TPSA) is 90.6 Å². The van der Waals surface area contributed by atoms with Crippen LogP contribution in [0.5, 0.6) is 11.5 Å². The summed E-state index contributed by atoms with van der Waals surface area (Å²) in [6, 6.07) is 16.3. The Hall–Kier alpha value is -2.86. The summed E-state index contributed by atoms with van der Waals surface area (Å²) in [6.45, 7) is 2.70. The molecule has 1 fully saturated rings. The quantitative estimate of drug-likeness (QED) is 0.597. The molecule has 166 valence electrons. The summed E-state index contributed by atoms with van der Waals surface area (Å²) >= 11 is 0. The third-order valence-corrected chi connectivity index (χ3v) is 5.76. The molecule has 1 saturated carbocycles. The van der Waals surface area contributed by atoms with Crippen molar-refractivity contribution in [1.29, 1.82) is 0 Å². The van der Waals surface area contributed by atoms with E-state index in [1.807, 2.05) is 54.6 Å². The second-order valence-electron chi connectivity index (χ2n) is 8.03. The van der Waals surface area contributed by atoms with Crippen molar-refractivity contribution in [1.82, 2.24) is 5.32 Å². The fourth-order valence-corrected chi connectivity index (χ4v) is 3.98. The molecule has 3 N–H and O–H groups in total. The van der Waals surface area contributed by atoms with Crippen LogP contribution < -0.4 is 15.8 Å². The van der Waals surface area contributed by atoms with Gasteiger partial charge in [-0.05, 0) is 74.9 Å². The number of hydrogen-bond acceptors (Lipinski definition) is 5. The maximum atomic E-state index is 12.8. The number of esters is 1. The minimum absolute atomic E-state index is 0.0764. The van der Waals surface area contributed by atoms with Crippen LogP contribution in [0.3, 0.4) is 0 Å². The molecule has 0 aliphatic heterocycles. The Morgan fingerprint density at radius 2 is 1.74 bits per heavy atom. The maximum absolute atomic E-state index is 12.8. The van der Waals surface area contributed by atoms with Crippen LogP contribution in [0.25, 0.3) is 0 Å². The van der Waals surface area contributed by atoms with Gasteiger partial charge in [0.1, 0.15) is 17.5 Å². The molecule has 0 spiro atoms. The molecule has 0 bridgehead atoms. The van der Waals surface area contributed by atoms with Crippen molar-refractivity contribution in [2.75, 3.05) is 13.2 Å². The highest BCUT2D eigenvalue weighted by Crippen LogP contribution is 2.28. The van der Waals surface area contributed by atoms with Crippen molar-refractivity contribution in [3.05, 3.63) is 60.2 Å². The molecule has 1 atom stereocenters. The van der Waals surface area contributed by atoms with Gasteiger partial charge in [0.05, 0.1) is 6.61 Å². The number of amides is 1. The van der Waals surface area contributed by atoms with E-state index in [9.17, 15) is 9.59 Å². The third-order valence-electron chi connectivity index (χ3n) is 5.76. The van der Waals surface area contributed by atoms with Crippen LogP contribution in [0.1, 0.15) is 38.2 Å². The molecule has 3 rings (SSSR count). The average molecular weight is 425 g/mol. The van der Waals surface area contributed by atoms with Gasteiger partial charge in [-0.3, -0.25) is 4.79 Å². The SMILES string of the molecule is CCOC(=O)[C@H](Cc1cccc(Oc2ccccc2)c1)NC(=O)C1CCC(CN)CC1. The van der Waals surface area contributed by atoms with Gasteiger partial charge in [-0.25, -0.2) is 4.79 Å². The summed E-state index contributed by atoms with van der Waals surface area (Å²) in [6.07, 6.45) is 3.87. The van der Waals surface area contributed by atoms with E-state index in [1.54, 1.807) is 6.92 Å². The van der Waals surface area contributed by atoms with Gasteiger partial charge in [0.15, 0.2) is 0 Å². The fourth-order valence-electron chi connectivity index (χ4n) is 3.98. The Morgan fingerprint density at radius 1 is 1.03 bits per heavy atom. The van der Waals surface area contributed by atoms with E-state index in [0.29, 0.717) is 24.6 Å². The van der Waals surface area contributed by atoms with Crippen molar-refractivity contribution in [2.45, 2.75) is 45.1 Å². The van der Waals surface area contributed by atoms with E-state index in [2.05, 4.69) is 5.32 Å². The lowest BCUT2D eigenvalue weighted by molar-refractivity contribution is -0.148. The lowest BCUT2D eigenvalue weighted by Crippen LogP contribution is -2.46. The Bertz CT molecular complexity index is 848. The highest BCUT2D eigenvalue weighted by molar-refractivity contribution is 5.86. The lowest BCUT2D eigenvalue weighted by atomic mass is 9.81. The zero-order valence-corrected chi connectivity index (χ0v) is 18.1. The first-order valence-electron chi connectivity index (χ1n) is 11.1. The molecule has 0 radical (unpaired) electrons. The molecule has 0 unspecified atom stereocenters. The van der Waals surface area contributed by atoms with Crippen LogP contribution >= 0.6 is 0 Å². The molecule has 2 aromatic rings. The molecule has 1 amide bonds. The smallest absolute Gasteiger partial charge is 0.328 e. The molecule has 0 saturated heterocycles. The average Bonchev–Trinajstić information content (AvgIpc) is 2.80. The number of nitrogens with one attached hydrogen (secondary N) is 1. The Balaban J connectivity index is 1.66. The molecule has 1 aliphatic carbocycles. The first-order chi connectivity index (χ1) is 15.1. The molecule has 0 heterocycles. The predicted molar refractivity (Wildman–Crippen MR) is 120 cm³/mol. The zero-order chi connectivity index (χ0) is 22.1. The number of benzene rings is 2. The van der Waals surface area contributed by atoms with E-state index in [1.165, 1.54) is 0 Å². The Labute approximate surface area is 184 Å². The van der Waals surface area contributed by atoms with Crippen molar-refractivity contribution in [3.8, 4) is 11.5 Å². The molecule has 1 aliphatic rings. The monoisotopic (exact) mass is 424 g/mol. The lowest BCUT2D eigenvalue weighted by Gasteiger charge is -2.28. The third kappa shape index (κ3) is 6.82. The molecule has 0 aromatic heterocycles. The summed E-state index contributed by atoms with van der Waals surface area (Å²) in [4.78, 5) is 25.4. The van der Waals surface area contributed by atoms with Gasteiger partial charge in [0.25, 0.3) is 0 Å². The summed E-state index contributed by atoms with van der Waals surface area (Å²) in [7, 11) is 0. The van der Waals surface area contributed by atoms with E-state index >= 15 is 0 Å². The number of carbonyl (C=O) groups excluding carboxylic acids is 2. The van der Waals surface area contributed by atoms with E-state index < -0.39 is 12.0 Å². The maximum Gasteiger partial charge on any atom is 0.328 e. The molecule has 6 nitrogen and oxygen atoms in total. The number of para-hydroxylation sites is 1. The van der Waals surface area contributed by atoms with Gasteiger partial charge in [-0.2, -0.15) is 0 Å². The standard InChI is InChI=1S/C25H32N2O4/c1-2-30-25(29)23(27-24(28)20-13-11-18(17-26)12-14-20)16-19-7-6-10-22(15-19)31-21-8-4-3-5-9-21/h3-10,15,18,20,23H,2,11-14,16-17,26H2,1H3,(H,27,28)/t18?,20?,23-/m0/s1. The molecule has 2 aromatic carbocycles. The van der Waals surface area contributed by atoms with Crippen molar-refractivity contribution >= 4 is 11.9 Å². The predicted octanol–water partition coefficient (Wildman–Crippen LogP) is 3.83. The van der Waals surface area contributed by atoms with Crippen LogP contribution in [0.2, 0.25) is 0 Å². The van der Waals surface area contributed by atoms with Crippen molar-refractivity contribution < 1.29 is 19.1 Å². The summed E-state index contributed by atoms with van der Waals surface area (Å²) < 4.78 is 11.1.